The average Bonchev–Trinajstić information content (AvgIpc) is 3.68. The van der Waals surface area contributed by atoms with Gasteiger partial charge in [0.25, 0.3) is 5.91 Å². The topological polar surface area (TPSA) is 76.5 Å². The number of carbonyl (C=O) groups excluding carboxylic acids is 1. The minimum absolute atomic E-state index is 0.0166. The third kappa shape index (κ3) is 6.13. The Balaban J connectivity index is 1.38. The number of nitrogens with zero attached hydrogens (tertiary/aromatic N) is 5. The summed E-state index contributed by atoms with van der Waals surface area (Å²) in [5, 5.41) is 7.14. The molecular formula is C35H40ClN5O3S. The first-order valence-corrected chi connectivity index (χ1v) is 17.3. The van der Waals surface area contributed by atoms with Crippen molar-refractivity contribution in [1.82, 2.24) is 9.31 Å². The van der Waals surface area contributed by atoms with Crippen LogP contribution in [0.15, 0.2) is 88.4 Å². The van der Waals surface area contributed by atoms with E-state index in [1.807, 2.05) is 33.1 Å². The van der Waals surface area contributed by atoms with Crippen LogP contribution in [0.2, 0.25) is 5.02 Å². The summed E-state index contributed by atoms with van der Waals surface area (Å²) in [7, 11) is 4.14. The van der Waals surface area contributed by atoms with Crippen LogP contribution >= 0.6 is 11.6 Å². The molecule has 1 amide bonds. The van der Waals surface area contributed by atoms with E-state index < -0.39 is 16.1 Å². The molecule has 0 N–H and O–H groups in total. The number of allylic oxidation sites excluding steroid dienone is 1. The van der Waals surface area contributed by atoms with Crippen LogP contribution in [0.1, 0.15) is 49.3 Å². The second-order valence-corrected chi connectivity index (χ2v) is 14.8. The van der Waals surface area contributed by atoms with E-state index in [-0.39, 0.29) is 29.3 Å². The zero-order chi connectivity index (χ0) is 31.9. The van der Waals surface area contributed by atoms with Crippen molar-refractivity contribution in [2.45, 2.75) is 49.1 Å². The van der Waals surface area contributed by atoms with Gasteiger partial charge < -0.3 is 9.80 Å². The monoisotopic (exact) mass is 645 g/mol. The number of carbonyl (C=O) groups is 1. The lowest BCUT2D eigenvalue weighted by Gasteiger charge is -2.32. The first-order chi connectivity index (χ1) is 21.5. The Morgan fingerprint density at radius 1 is 0.867 bits per heavy atom. The minimum atomic E-state index is -3.91. The second kappa shape index (κ2) is 12.6. The van der Waals surface area contributed by atoms with E-state index in [2.05, 4.69) is 59.5 Å². The van der Waals surface area contributed by atoms with E-state index in [1.54, 1.807) is 17.1 Å². The van der Waals surface area contributed by atoms with Gasteiger partial charge in [-0.15, -0.1) is 0 Å². The molecule has 1 aliphatic carbocycles. The molecule has 236 valence electrons. The summed E-state index contributed by atoms with van der Waals surface area (Å²) in [6.45, 7) is 0.283. The van der Waals surface area contributed by atoms with E-state index in [1.165, 1.54) is 16.4 Å². The van der Waals surface area contributed by atoms with Crippen LogP contribution in [0.4, 0.5) is 11.4 Å². The van der Waals surface area contributed by atoms with Crippen molar-refractivity contribution >= 4 is 50.7 Å². The highest BCUT2D eigenvalue weighted by Gasteiger charge is 2.48. The smallest absolute Gasteiger partial charge is 0.261 e. The molecule has 0 bridgehead atoms. The summed E-state index contributed by atoms with van der Waals surface area (Å²) in [5.74, 6) is -0.258. The number of hydrazone groups is 1. The first-order valence-electron chi connectivity index (χ1n) is 15.5. The van der Waals surface area contributed by atoms with E-state index in [0.29, 0.717) is 17.9 Å². The Hall–Kier alpha value is -3.66. The van der Waals surface area contributed by atoms with Crippen molar-refractivity contribution in [3.8, 4) is 0 Å². The van der Waals surface area contributed by atoms with Crippen LogP contribution in [-0.4, -0.2) is 70.1 Å². The summed E-state index contributed by atoms with van der Waals surface area (Å²) in [6.07, 6.45) is 6.01. The quantitative estimate of drug-likeness (QED) is 0.295. The lowest BCUT2D eigenvalue weighted by atomic mass is 9.77. The molecule has 2 heterocycles. The van der Waals surface area contributed by atoms with Crippen molar-refractivity contribution in [3.05, 3.63) is 94.5 Å². The van der Waals surface area contributed by atoms with Gasteiger partial charge in [0.05, 0.1) is 16.6 Å². The molecule has 0 radical (unpaired) electrons. The van der Waals surface area contributed by atoms with E-state index in [4.69, 9.17) is 16.7 Å². The third-order valence-electron chi connectivity index (χ3n) is 9.14. The number of fused-ring (bicyclic) bond motifs is 1. The van der Waals surface area contributed by atoms with Crippen LogP contribution in [0, 0.1) is 5.92 Å². The molecule has 3 unspecified atom stereocenters. The number of benzene rings is 3. The Labute approximate surface area is 271 Å². The molecule has 6 rings (SSSR count). The molecule has 10 heteroatoms. The van der Waals surface area contributed by atoms with Crippen LogP contribution in [0.25, 0.3) is 6.08 Å². The molecule has 8 nitrogen and oxygen atoms in total. The maximum absolute atomic E-state index is 14.5. The Bertz CT molecular complexity index is 1720. The SMILES string of the molecule is CN(C)c1ccc(/C=C2/CCCC3C2=NN(C(=O)C2CCCN2S(=O)(=O)c2ccc(Cl)cc2)C3c2ccc(N(C)C)cc2)cc1. The summed E-state index contributed by atoms with van der Waals surface area (Å²) in [6, 6.07) is 21.7. The Kier molecular flexibility index (Phi) is 8.78. The number of sulfonamides is 1. The van der Waals surface area contributed by atoms with Crippen molar-refractivity contribution in [2.75, 3.05) is 44.5 Å². The highest BCUT2D eigenvalue weighted by atomic mass is 35.5. The highest BCUT2D eigenvalue weighted by molar-refractivity contribution is 7.89. The van der Waals surface area contributed by atoms with Crippen LogP contribution in [0.5, 0.6) is 0 Å². The largest absolute Gasteiger partial charge is 0.378 e. The van der Waals surface area contributed by atoms with Gasteiger partial charge in [-0.3, -0.25) is 4.79 Å². The van der Waals surface area contributed by atoms with E-state index in [9.17, 15) is 13.2 Å². The van der Waals surface area contributed by atoms with Gasteiger partial charge in [0, 0.05) is 57.1 Å². The average molecular weight is 646 g/mol. The van der Waals surface area contributed by atoms with Gasteiger partial charge in [0.15, 0.2) is 0 Å². The van der Waals surface area contributed by atoms with E-state index in [0.717, 1.165) is 53.0 Å². The van der Waals surface area contributed by atoms with Crippen molar-refractivity contribution in [1.29, 1.82) is 0 Å². The Morgan fingerprint density at radius 3 is 2.11 bits per heavy atom. The highest BCUT2D eigenvalue weighted by Crippen LogP contribution is 2.46. The molecular weight excluding hydrogens is 606 g/mol. The van der Waals surface area contributed by atoms with Gasteiger partial charge in [-0.05, 0) is 103 Å². The molecule has 3 atom stereocenters. The lowest BCUT2D eigenvalue weighted by Crippen LogP contribution is -2.46. The molecule has 1 saturated carbocycles. The minimum Gasteiger partial charge on any atom is -0.378 e. The molecule has 2 fully saturated rings. The fourth-order valence-electron chi connectivity index (χ4n) is 6.72. The standard InChI is InChI=1S/C35H40ClN5O3S/c1-38(2)28-16-10-24(11-17-28)23-26-7-5-8-31-33(26)37-41(34(31)25-12-18-29(19-13-25)39(3)4)35(42)32-9-6-22-40(32)45(43,44)30-20-14-27(36)15-21-30/h10-21,23,31-32,34H,5-9,22H2,1-4H3/b26-23-. The molecule has 3 aromatic rings. The molecule has 45 heavy (non-hydrogen) atoms. The van der Waals surface area contributed by atoms with Crippen molar-refractivity contribution in [3.63, 3.8) is 0 Å². The van der Waals surface area contributed by atoms with Crippen molar-refractivity contribution < 1.29 is 13.2 Å². The molecule has 0 spiro atoms. The second-order valence-electron chi connectivity index (χ2n) is 12.5. The van der Waals surface area contributed by atoms with Gasteiger partial charge in [-0.25, -0.2) is 13.4 Å². The van der Waals surface area contributed by atoms with E-state index >= 15 is 0 Å². The first kappa shape index (κ1) is 31.3. The zero-order valence-electron chi connectivity index (χ0n) is 26.2. The molecule has 2 aliphatic heterocycles. The number of anilines is 2. The predicted octanol–water partition coefficient (Wildman–Crippen LogP) is 6.45. The Morgan fingerprint density at radius 2 is 1.49 bits per heavy atom. The molecule has 1 saturated heterocycles. The molecule has 3 aliphatic rings. The van der Waals surface area contributed by atoms with Crippen LogP contribution < -0.4 is 9.80 Å². The molecule has 0 aromatic heterocycles. The predicted molar refractivity (Wildman–Crippen MR) is 182 cm³/mol. The van der Waals surface area contributed by atoms with Gasteiger partial charge in [-0.2, -0.15) is 9.41 Å². The fourth-order valence-corrected chi connectivity index (χ4v) is 8.50. The van der Waals surface area contributed by atoms with Gasteiger partial charge in [0.2, 0.25) is 10.0 Å². The van der Waals surface area contributed by atoms with Gasteiger partial charge >= 0.3 is 0 Å². The number of amides is 1. The molecule has 3 aromatic carbocycles. The van der Waals surface area contributed by atoms with Crippen LogP contribution in [0.3, 0.4) is 0 Å². The summed E-state index contributed by atoms with van der Waals surface area (Å²) in [4.78, 5) is 18.8. The maximum Gasteiger partial charge on any atom is 0.261 e. The van der Waals surface area contributed by atoms with Gasteiger partial charge in [-0.1, -0.05) is 35.9 Å². The van der Waals surface area contributed by atoms with Gasteiger partial charge in [0.1, 0.15) is 6.04 Å². The van der Waals surface area contributed by atoms with Crippen LogP contribution in [-0.2, 0) is 14.8 Å². The number of hydrogen-bond donors (Lipinski definition) is 0. The normalized spacial score (nSPS) is 22.8. The maximum atomic E-state index is 14.5. The fraction of sp³-hybridized carbons (Fsp3) is 0.371. The number of hydrogen-bond acceptors (Lipinski definition) is 6. The number of halogens is 1. The summed E-state index contributed by atoms with van der Waals surface area (Å²) < 4.78 is 28.9. The lowest BCUT2D eigenvalue weighted by molar-refractivity contribution is -0.137. The summed E-state index contributed by atoms with van der Waals surface area (Å²) in [5.41, 5.74) is 6.34. The zero-order valence-corrected chi connectivity index (χ0v) is 27.8. The van der Waals surface area contributed by atoms with Crippen molar-refractivity contribution in [2.24, 2.45) is 11.0 Å². The summed E-state index contributed by atoms with van der Waals surface area (Å²) >= 11 is 6.04. The third-order valence-corrected chi connectivity index (χ3v) is 11.3. The number of rotatable bonds is 7.